The van der Waals surface area contributed by atoms with Crippen LogP contribution in [0, 0.1) is 20.8 Å². The molecule has 0 unspecified atom stereocenters. The standard InChI is InChI=1S/C19H26N2O/c1-12-8-9-13(2)18-17(12)19(22)16(15(4)20-18)11-21-10-6-5-7-14(21)3/h8-9,14H,5-7,10-11H2,1-4H3,(H,20,22)/t14-/m0/s1. The number of pyridine rings is 1. The topological polar surface area (TPSA) is 36.1 Å². The Morgan fingerprint density at radius 3 is 2.64 bits per heavy atom. The van der Waals surface area contributed by atoms with Crippen molar-refractivity contribution < 1.29 is 0 Å². The van der Waals surface area contributed by atoms with Crippen molar-refractivity contribution in [1.82, 2.24) is 9.88 Å². The van der Waals surface area contributed by atoms with Crippen LogP contribution in [0.4, 0.5) is 0 Å². The minimum Gasteiger partial charge on any atom is -0.358 e. The van der Waals surface area contributed by atoms with Gasteiger partial charge in [0, 0.05) is 29.2 Å². The molecular weight excluding hydrogens is 272 g/mol. The van der Waals surface area contributed by atoms with Crippen molar-refractivity contribution in [3.8, 4) is 0 Å². The molecule has 3 heteroatoms. The van der Waals surface area contributed by atoms with E-state index < -0.39 is 0 Å². The second-order valence-electron chi connectivity index (χ2n) is 6.82. The lowest BCUT2D eigenvalue weighted by Crippen LogP contribution is -2.38. The Balaban J connectivity index is 2.10. The first kappa shape index (κ1) is 15.3. The van der Waals surface area contributed by atoms with Gasteiger partial charge in [-0.3, -0.25) is 9.69 Å². The summed E-state index contributed by atoms with van der Waals surface area (Å²) in [6.45, 7) is 10.3. The normalized spacial score (nSPS) is 19.7. The van der Waals surface area contributed by atoms with Crippen molar-refractivity contribution in [2.24, 2.45) is 0 Å². The van der Waals surface area contributed by atoms with Gasteiger partial charge in [0.2, 0.25) is 0 Å². The summed E-state index contributed by atoms with van der Waals surface area (Å²) in [6.07, 6.45) is 3.79. The highest BCUT2D eigenvalue weighted by Gasteiger charge is 2.21. The number of rotatable bonds is 2. The summed E-state index contributed by atoms with van der Waals surface area (Å²) in [5.74, 6) is 0. The molecular formula is C19H26N2O. The molecule has 1 aromatic carbocycles. The van der Waals surface area contributed by atoms with E-state index in [9.17, 15) is 4.79 Å². The molecule has 0 radical (unpaired) electrons. The van der Waals surface area contributed by atoms with E-state index >= 15 is 0 Å². The smallest absolute Gasteiger partial charge is 0.194 e. The molecule has 0 aliphatic carbocycles. The van der Waals surface area contributed by atoms with Crippen LogP contribution in [0.1, 0.15) is 48.6 Å². The van der Waals surface area contributed by atoms with Crippen molar-refractivity contribution in [2.45, 2.75) is 59.5 Å². The fourth-order valence-corrected chi connectivity index (χ4v) is 3.63. The fourth-order valence-electron chi connectivity index (χ4n) is 3.63. The molecule has 0 amide bonds. The number of nitrogens with zero attached hydrogens (tertiary/aromatic N) is 1. The first-order valence-electron chi connectivity index (χ1n) is 8.34. The molecule has 0 spiro atoms. The average molecular weight is 298 g/mol. The molecule has 1 aliphatic rings. The van der Waals surface area contributed by atoms with Crippen LogP contribution in [0.25, 0.3) is 10.9 Å². The van der Waals surface area contributed by atoms with E-state index in [1.165, 1.54) is 19.3 Å². The number of fused-ring (bicyclic) bond motifs is 1. The van der Waals surface area contributed by atoms with Crippen LogP contribution >= 0.6 is 0 Å². The number of nitrogens with one attached hydrogen (secondary N) is 1. The lowest BCUT2D eigenvalue weighted by Gasteiger charge is -2.33. The van der Waals surface area contributed by atoms with Gasteiger partial charge in [-0.25, -0.2) is 0 Å². The van der Waals surface area contributed by atoms with Gasteiger partial charge in [-0.1, -0.05) is 18.6 Å². The van der Waals surface area contributed by atoms with E-state index in [-0.39, 0.29) is 5.43 Å². The summed E-state index contributed by atoms with van der Waals surface area (Å²) in [7, 11) is 0. The maximum atomic E-state index is 13.1. The van der Waals surface area contributed by atoms with Gasteiger partial charge in [0.25, 0.3) is 0 Å². The van der Waals surface area contributed by atoms with Crippen LogP contribution in [0.15, 0.2) is 16.9 Å². The molecule has 1 saturated heterocycles. The van der Waals surface area contributed by atoms with Gasteiger partial charge in [0.15, 0.2) is 5.43 Å². The maximum absolute atomic E-state index is 13.1. The van der Waals surface area contributed by atoms with Gasteiger partial charge in [-0.15, -0.1) is 0 Å². The Hall–Kier alpha value is -1.61. The Labute approximate surface area is 132 Å². The number of aromatic amines is 1. The van der Waals surface area contributed by atoms with Crippen molar-refractivity contribution in [3.63, 3.8) is 0 Å². The summed E-state index contributed by atoms with van der Waals surface area (Å²) in [4.78, 5) is 19.0. The summed E-state index contributed by atoms with van der Waals surface area (Å²) >= 11 is 0. The predicted octanol–water partition coefficient (Wildman–Crippen LogP) is 3.83. The number of aryl methyl sites for hydroxylation is 3. The number of likely N-dealkylation sites (tertiary alicyclic amines) is 1. The van der Waals surface area contributed by atoms with Crippen molar-refractivity contribution in [1.29, 1.82) is 0 Å². The first-order valence-corrected chi connectivity index (χ1v) is 8.34. The van der Waals surface area contributed by atoms with E-state index in [4.69, 9.17) is 0 Å². The first-order chi connectivity index (χ1) is 10.5. The minimum atomic E-state index is 0.213. The second kappa shape index (κ2) is 5.88. The minimum absolute atomic E-state index is 0.213. The molecule has 0 bridgehead atoms. The highest BCUT2D eigenvalue weighted by atomic mass is 16.1. The SMILES string of the molecule is Cc1[nH]c2c(C)ccc(C)c2c(=O)c1CN1CCCC[C@@H]1C. The number of H-pyrrole nitrogens is 1. The van der Waals surface area contributed by atoms with E-state index in [1.807, 2.05) is 13.8 Å². The monoisotopic (exact) mass is 298 g/mol. The third-order valence-electron chi connectivity index (χ3n) is 5.19. The molecule has 1 N–H and O–H groups in total. The summed E-state index contributed by atoms with van der Waals surface area (Å²) in [5, 5.41) is 0.866. The van der Waals surface area contributed by atoms with E-state index in [1.54, 1.807) is 0 Å². The Morgan fingerprint density at radius 1 is 1.18 bits per heavy atom. The highest BCUT2D eigenvalue weighted by Crippen LogP contribution is 2.22. The average Bonchev–Trinajstić information content (AvgIpc) is 2.49. The molecule has 22 heavy (non-hydrogen) atoms. The summed E-state index contributed by atoms with van der Waals surface area (Å²) in [5.41, 5.74) is 5.37. The lowest BCUT2D eigenvalue weighted by atomic mass is 9.99. The number of aromatic nitrogens is 1. The van der Waals surface area contributed by atoms with E-state index in [0.717, 1.165) is 46.4 Å². The second-order valence-corrected chi connectivity index (χ2v) is 6.82. The zero-order valence-electron chi connectivity index (χ0n) is 14.1. The van der Waals surface area contributed by atoms with Crippen molar-refractivity contribution in [2.75, 3.05) is 6.54 Å². The Morgan fingerprint density at radius 2 is 1.91 bits per heavy atom. The summed E-state index contributed by atoms with van der Waals surface area (Å²) in [6, 6.07) is 4.71. The molecule has 0 saturated carbocycles. The Bertz CT molecular complexity index is 760. The molecule has 118 valence electrons. The molecule has 1 fully saturated rings. The molecule has 3 rings (SSSR count). The van der Waals surface area contributed by atoms with Crippen molar-refractivity contribution >= 4 is 10.9 Å². The molecule has 2 heterocycles. The Kier molecular flexibility index (Phi) is 4.09. The lowest BCUT2D eigenvalue weighted by molar-refractivity contribution is 0.152. The molecule has 2 aromatic rings. The summed E-state index contributed by atoms with van der Waals surface area (Å²) < 4.78 is 0. The molecule has 3 nitrogen and oxygen atoms in total. The van der Waals surface area contributed by atoms with E-state index in [0.29, 0.717) is 6.04 Å². The zero-order chi connectivity index (χ0) is 15.9. The van der Waals surface area contributed by atoms with Crippen LogP contribution < -0.4 is 5.43 Å². The third-order valence-corrected chi connectivity index (χ3v) is 5.19. The fraction of sp³-hybridized carbons (Fsp3) is 0.526. The van der Waals surface area contributed by atoms with Crippen molar-refractivity contribution in [3.05, 3.63) is 44.7 Å². The molecule has 1 aliphatic heterocycles. The predicted molar refractivity (Wildman–Crippen MR) is 92.5 cm³/mol. The zero-order valence-corrected chi connectivity index (χ0v) is 14.1. The van der Waals surface area contributed by atoms with Gasteiger partial charge >= 0.3 is 0 Å². The maximum Gasteiger partial charge on any atom is 0.194 e. The van der Waals surface area contributed by atoms with Gasteiger partial charge in [0.05, 0.1) is 5.52 Å². The quantitative estimate of drug-likeness (QED) is 0.914. The van der Waals surface area contributed by atoms with Crippen LogP contribution in [0.3, 0.4) is 0 Å². The number of benzene rings is 1. The van der Waals surface area contributed by atoms with Crippen LogP contribution in [-0.2, 0) is 6.54 Å². The van der Waals surface area contributed by atoms with E-state index in [2.05, 4.69) is 35.9 Å². The van der Waals surface area contributed by atoms with Crippen LogP contribution in [0.2, 0.25) is 0 Å². The number of hydrogen-bond donors (Lipinski definition) is 1. The third kappa shape index (κ3) is 2.58. The van der Waals surface area contributed by atoms with Gasteiger partial charge < -0.3 is 4.98 Å². The van der Waals surface area contributed by atoms with Gasteiger partial charge in [-0.05, 0) is 58.2 Å². The van der Waals surface area contributed by atoms with Crippen LogP contribution in [-0.4, -0.2) is 22.5 Å². The molecule has 1 aromatic heterocycles. The van der Waals surface area contributed by atoms with Gasteiger partial charge in [-0.2, -0.15) is 0 Å². The number of hydrogen-bond acceptors (Lipinski definition) is 2. The molecule has 1 atom stereocenters. The van der Waals surface area contributed by atoms with Gasteiger partial charge in [0.1, 0.15) is 0 Å². The highest BCUT2D eigenvalue weighted by molar-refractivity contribution is 5.85. The number of piperidine rings is 1. The van der Waals surface area contributed by atoms with Crippen LogP contribution in [0.5, 0.6) is 0 Å². The largest absolute Gasteiger partial charge is 0.358 e.